The van der Waals surface area contributed by atoms with E-state index in [0.717, 1.165) is 5.56 Å². The van der Waals surface area contributed by atoms with Crippen molar-refractivity contribution in [1.29, 1.82) is 0 Å². The number of benzene rings is 1. The summed E-state index contributed by atoms with van der Waals surface area (Å²) in [6.07, 6.45) is 3.23. The molecule has 29 heavy (non-hydrogen) atoms. The number of nitrogens with one attached hydrogen (secondary N) is 2. The number of carbonyl (C=O) groups is 2. The quantitative estimate of drug-likeness (QED) is 0.641. The summed E-state index contributed by atoms with van der Waals surface area (Å²) >= 11 is 0. The molecule has 7 heteroatoms. The molecule has 0 saturated heterocycles. The lowest BCUT2D eigenvalue weighted by Gasteiger charge is -2.19. The van der Waals surface area contributed by atoms with E-state index < -0.39 is 0 Å². The lowest BCUT2D eigenvalue weighted by Crippen LogP contribution is -2.27. The average molecular weight is 394 g/mol. The largest absolute Gasteiger partial charge is 0.459 e. The maximum atomic E-state index is 12.2. The standard InChI is InChI=1S/C22H26N4O3/c1-22(2,3)17-8-6-16(7-9-17)15-26-19(10-13-24-26)25-20(27)11-12-23-21(28)18-5-4-14-29-18/h4-10,13-14H,11-12,15H2,1-3H3,(H,23,28)(H,25,27). The number of furan rings is 1. The fourth-order valence-electron chi connectivity index (χ4n) is 2.84. The lowest BCUT2D eigenvalue weighted by molar-refractivity contribution is -0.116. The van der Waals surface area contributed by atoms with E-state index >= 15 is 0 Å². The van der Waals surface area contributed by atoms with Crippen molar-refractivity contribution in [3.63, 3.8) is 0 Å². The number of aromatic nitrogens is 2. The molecule has 2 aromatic heterocycles. The molecule has 0 aliphatic heterocycles. The van der Waals surface area contributed by atoms with Crippen LogP contribution in [0, 0.1) is 0 Å². The molecule has 2 N–H and O–H groups in total. The molecule has 0 bridgehead atoms. The highest BCUT2D eigenvalue weighted by molar-refractivity contribution is 5.93. The molecule has 1 aromatic carbocycles. The first-order valence-electron chi connectivity index (χ1n) is 9.56. The van der Waals surface area contributed by atoms with E-state index in [1.165, 1.54) is 11.8 Å². The Morgan fingerprint density at radius 3 is 2.52 bits per heavy atom. The van der Waals surface area contributed by atoms with Crippen LogP contribution in [0.2, 0.25) is 0 Å². The topological polar surface area (TPSA) is 89.2 Å². The Morgan fingerprint density at radius 1 is 1.10 bits per heavy atom. The van der Waals surface area contributed by atoms with Gasteiger partial charge < -0.3 is 15.1 Å². The van der Waals surface area contributed by atoms with Gasteiger partial charge in [0, 0.05) is 19.0 Å². The minimum absolute atomic E-state index is 0.107. The summed E-state index contributed by atoms with van der Waals surface area (Å²) in [4.78, 5) is 24.0. The normalized spacial score (nSPS) is 11.3. The van der Waals surface area contributed by atoms with Crippen molar-refractivity contribution < 1.29 is 14.0 Å². The highest BCUT2D eigenvalue weighted by Crippen LogP contribution is 2.22. The molecule has 3 aromatic rings. The Bertz CT molecular complexity index is 951. The second-order valence-corrected chi connectivity index (χ2v) is 7.85. The maximum absolute atomic E-state index is 12.2. The highest BCUT2D eigenvalue weighted by atomic mass is 16.3. The summed E-state index contributed by atoms with van der Waals surface area (Å²) in [6, 6.07) is 13.4. The number of hydrogen-bond donors (Lipinski definition) is 2. The van der Waals surface area contributed by atoms with Crippen LogP contribution in [-0.2, 0) is 16.8 Å². The Balaban J connectivity index is 1.52. The number of nitrogens with zero attached hydrogens (tertiary/aromatic N) is 2. The zero-order chi connectivity index (χ0) is 20.9. The molecule has 2 heterocycles. The van der Waals surface area contributed by atoms with E-state index in [0.29, 0.717) is 12.4 Å². The van der Waals surface area contributed by atoms with Crippen LogP contribution in [-0.4, -0.2) is 28.1 Å². The zero-order valence-corrected chi connectivity index (χ0v) is 16.9. The number of rotatable bonds is 7. The zero-order valence-electron chi connectivity index (χ0n) is 16.9. The molecule has 0 radical (unpaired) electrons. The highest BCUT2D eigenvalue weighted by Gasteiger charge is 2.14. The Kier molecular flexibility index (Phi) is 6.16. The van der Waals surface area contributed by atoms with Gasteiger partial charge >= 0.3 is 0 Å². The molecule has 2 amide bonds. The fraction of sp³-hybridized carbons (Fsp3) is 0.318. The Morgan fingerprint density at radius 2 is 1.86 bits per heavy atom. The first kappa shape index (κ1) is 20.4. The molecule has 0 aliphatic carbocycles. The van der Waals surface area contributed by atoms with Crippen LogP contribution in [0.1, 0.15) is 48.9 Å². The number of carbonyl (C=O) groups excluding carboxylic acids is 2. The van der Waals surface area contributed by atoms with E-state index in [-0.39, 0.29) is 36.0 Å². The van der Waals surface area contributed by atoms with Crippen LogP contribution < -0.4 is 10.6 Å². The van der Waals surface area contributed by atoms with Gasteiger partial charge in [-0.2, -0.15) is 5.10 Å². The molecular weight excluding hydrogens is 368 g/mol. The minimum Gasteiger partial charge on any atom is -0.459 e. The van der Waals surface area contributed by atoms with Crippen molar-refractivity contribution in [2.75, 3.05) is 11.9 Å². The molecule has 152 valence electrons. The molecular formula is C22H26N4O3. The van der Waals surface area contributed by atoms with Crippen molar-refractivity contribution in [2.24, 2.45) is 0 Å². The second-order valence-electron chi connectivity index (χ2n) is 7.85. The summed E-state index contributed by atoms with van der Waals surface area (Å²) in [5, 5.41) is 9.79. The second kappa shape index (κ2) is 8.77. The molecule has 0 atom stereocenters. The van der Waals surface area contributed by atoms with Gasteiger partial charge in [0.25, 0.3) is 5.91 Å². The van der Waals surface area contributed by atoms with E-state index in [1.54, 1.807) is 29.1 Å². The van der Waals surface area contributed by atoms with Gasteiger partial charge in [0.05, 0.1) is 19.0 Å². The van der Waals surface area contributed by atoms with Crippen LogP contribution in [0.4, 0.5) is 5.82 Å². The van der Waals surface area contributed by atoms with E-state index in [2.05, 4.69) is 60.8 Å². The van der Waals surface area contributed by atoms with Crippen LogP contribution in [0.25, 0.3) is 0 Å². The van der Waals surface area contributed by atoms with Gasteiger partial charge in [-0.1, -0.05) is 45.0 Å². The van der Waals surface area contributed by atoms with Gasteiger partial charge in [0.2, 0.25) is 5.91 Å². The Hall–Kier alpha value is -3.35. The van der Waals surface area contributed by atoms with Crippen LogP contribution >= 0.6 is 0 Å². The van der Waals surface area contributed by atoms with E-state index in [1.807, 2.05) is 0 Å². The maximum Gasteiger partial charge on any atom is 0.286 e. The molecule has 0 saturated carbocycles. The van der Waals surface area contributed by atoms with Crippen LogP contribution in [0.3, 0.4) is 0 Å². The number of anilines is 1. The van der Waals surface area contributed by atoms with E-state index in [4.69, 9.17) is 4.42 Å². The monoisotopic (exact) mass is 394 g/mol. The SMILES string of the molecule is CC(C)(C)c1ccc(Cn2nccc2NC(=O)CCNC(=O)c2ccco2)cc1. The lowest BCUT2D eigenvalue weighted by atomic mass is 9.87. The van der Waals surface area contributed by atoms with Crippen molar-refractivity contribution in [3.05, 3.63) is 71.8 Å². The number of hydrogen-bond acceptors (Lipinski definition) is 4. The third kappa shape index (κ3) is 5.57. The molecule has 0 aliphatic rings. The third-order valence-corrected chi connectivity index (χ3v) is 4.52. The van der Waals surface area contributed by atoms with Gasteiger partial charge in [-0.25, -0.2) is 4.68 Å². The molecule has 3 rings (SSSR count). The summed E-state index contributed by atoms with van der Waals surface area (Å²) in [7, 11) is 0. The van der Waals surface area contributed by atoms with Gasteiger partial charge in [-0.15, -0.1) is 0 Å². The first-order valence-corrected chi connectivity index (χ1v) is 9.56. The third-order valence-electron chi connectivity index (χ3n) is 4.52. The molecule has 7 nitrogen and oxygen atoms in total. The van der Waals surface area contributed by atoms with Crippen molar-refractivity contribution in [1.82, 2.24) is 15.1 Å². The predicted molar refractivity (Wildman–Crippen MR) is 111 cm³/mol. The minimum atomic E-state index is -0.341. The molecule has 0 fully saturated rings. The van der Waals surface area contributed by atoms with Crippen molar-refractivity contribution >= 4 is 17.6 Å². The van der Waals surface area contributed by atoms with Crippen molar-refractivity contribution in [3.8, 4) is 0 Å². The smallest absolute Gasteiger partial charge is 0.286 e. The van der Waals surface area contributed by atoms with E-state index in [9.17, 15) is 9.59 Å². The van der Waals surface area contributed by atoms with Crippen LogP contribution in [0.5, 0.6) is 0 Å². The fourth-order valence-corrected chi connectivity index (χ4v) is 2.84. The predicted octanol–water partition coefficient (Wildman–Crippen LogP) is 3.58. The summed E-state index contributed by atoms with van der Waals surface area (Å²) < 4.78 is 6.75. The van der Waals surface area contributed by atoms with Gasteiger partial charge in [-0.3, -0.25) is 9.59 Å². The van der Waals surface area contributed by atoms with Gasteiger partial charge in [0.1, 0.15) is 5.82 Å². The summed E-state index contributed by atoms with van der Waals surface area (Å²) in [5.41, 5.74) is 2.48. The first-order chi connectivity index (χ1) is 13.8. The van der Waals surface area contributed by atoms with Gasteiger partial charge in [-0.05, 0) is 28.7 Å². The van der Waals surface area contributed by atoms with Crippen LogP contribution in [0.15, 0.2) is 59.3 Å². The van der Waals surface area contributed by atoms with Gasteiger partial charge in [0.15, 0.2) is 5.76 Å². The molecule has 0 spiro atoms. The average Bonchev–Trinajstić information content (AvgIpc) is 3.34. The van der Waals surface area contributed by atoms with Crippen molar-refractivity contribution in [2.45, 2.75) is 39.2 Å². The summed E-state index contributed by atoms with van der Waals surface area (Å²) in [6.45, 7) is 7.32. The Labute approximate surface area is 170 Å². The molecule has 0 unspecified atom stereocenters. The summed E-state index contributed by atoms with van der Waals surface area (Å²) in [5.74, 6) is 0.300. The number of amides is 2.